The summed E-state index contributed by atoms with van der Waals surface area (Å²) >= 11 is 1.68. The Hall–Kier alpha value is -2.33. The molecule has 4 heteroatoms. The van der Waals surface area contributed by atoms with Gasteiger partial charge < -0.3 is 9.47 Å². The predicted octanol–water partition coefficient (Wildman–Crippen LogP) is 4.79. The third-order valence-corrected chi connectivity index (χ3v) is 4.74. The normalized spacial score (nSPS) is 10.7. The highest BCUT2D eigenvalue weighted by Crippen LogP contribution is 2.37. The van der Waals surface area contributed by atoms with Crippen LogP contribution in [0.2, 0.25) is 0 Å². The SMILES string of the molecule is COc1ccc2cc(-c3ccc(OC)c(C(C)=O)c3)sc2c1. The molecule has 3 rings (SSSR count). The lowest BCUT2D eigenvalue weighted by atomic mass is 10.1. The number of ketones is 1. The zero-order valence-electron chi connectivity index (χ0n) is 12.7. The fourth-order valence-electron chi connectivity index (χ4n) is 2.42. The monoisotopic (exact) mass is 312 g/mol. The number of carbonyl (C=O) groups excluding carboxylic acids is 1. The molecule has 0 fully saturated rings. The van der Waals surface area contributed by atoms with E-state index in [4.69, 9.17) is 9.47 Å². The van der Waals surface area contributed by atoms with E-state index < -0.39 is 0 Å². The minimum atomic E-state index is 0.00137. The molecule has 112 valence electrons. The molecule has 2 aromatic carbocycles. The standard InChI is InChI=1S/C18H16O3S/c1-11(19)15-8-12(5-7-16(15)21-3)17-9-13-4-6-14(20-2)10-18(13)22-17/h4-10H,1-3H3. The summed E-state index contributed by atoms with van der Waals surface area (Å²) < 4.78 is 11.7. The van der Waals surface area contributed by atoms with E-state index in [-0.39, 0.29) is 5.78 Å². The number of rotatable bonds is 4. The van der Waals surface area contributed by atoms with E-state index in [2.05, 4.69) is 6.07 Å². The van der Waals surface area contributed by atoms with Crippen molar-refractivity contribution in [3.63, 3.8) is 0 Å². The van der Waals surface area contributed by atoms with Gasteiger partial charge in [-0.3, -0.25) is 4.79 Å². The largest absolute Gasteiger partial charge is 0.497 e. The van der Waals surface area contributed by atoms with Crippen LogP contribution in [0.25, 0.3) is 20.5 Å². The maximum absolute atomic E-state index is 11.8. The van der Waals surface area contributed by atoms with Gasteiger partial charge in [-0.2, -0.15) is 0 Å². The second kappa shape index (κ2) is 5.81. The number of carbonyl (C=O) groups is 1. The maximum Gasteiger partial charge on any atom is 0.163 e. The van der Waals surface area contributed by atoms with Crippen molar-refractivity contribution in [2.45, 2.75) is 6.92 Å². The van der Waals surface area contributed by atoms with E-state index in [1.165, 1.54) is 5.39 Å². The summed E-state index contributed by atoms with van der Waals surface area (Å²) in [5, 5.41) is 1.17. The average Bonchev–Trinajstić information content (AvgIpc) is 2.96. The van der Waals surface area contributed by atoms with Gasteiger partial charge in [-0.05, 0) is 60.3 Å². The van der Waals surface area contributed by atoms with Crippen molar-refractivity contribution in [3.8, 4) is 21.9 Å². The predicted molar refractivity (Wildman–Crippen MR) is 90.4 cm³/mol. The van der Waals surface area contributed by atoms with Crippen LogP contribution >= 0.6 is 11.3 Å². The second-order valence-corrected chi connectivity index (χ2v) is 6.07. The Morgan fingerprint density at radius 2 is 1.82 bits per heavy atom. The minimum Gasteiger partial charge on any atom is -0.497 e. The van der Waals surface area contributed by atoms with Gasteiger partial charge in [-0.25, -0.2) is 0 Å². The molecule has 3 nitrogen and oxygen atoms in total. The Balaban J connectivity index is 2.10. The third-order valence-electron chi connectivity index (χ3n) is 3.59. The first-order chi connectivity index (χ1) is 10.6. The zero-order chi connectivity index (χ0) is 15.7. The van der Waals surface area contributed by atoms with Crippen LogP contribution in [0.3, 0.4) is 0 Å². The molecule has 0 saturated carbocycles. The first kappa shape index (κ1) is 14.6. The number of fused-ring (bicyclic) bond motifs is 1. The third kappa shape index (κ3) is 2.57. The Kier molecular flexibility index (Phi) is 3.86. The van der Waals surface area contributed by atoms with E-state index in [1.54, 1.807) is 32.5 Å². The van der Waals surface area contributed by atoms with Gasteiger partial charge in [0.2, 0.25) is 0 Å². The number of methoxy groups -OCH3 is 2. The molecule has 0 aliphatic heterocycles. The molecule has 3 aromatic rings. The molecule has 0 aliphatic carbocycles. The van der Waals surface area contributed by atoms with Gasteiger partial charge in [-0.1, -0.05) is 0 Å². The summed E-state index contributed by atoms with van der Waals surface area (Å²) in [5.74, 6) is 1.46. The van der Waals surface area contributed by atoms with Gasteiger partial charge in [0.1, 0.15) is 11.5 Å². The van der Waals surface area contributed by atoms with Crippen molar-refractivity contribution < 1.29 is 14.3 Å². The van der Waals surface area contributed by atoms with Crippen LogP contribution in [0.15, 0.2) is 42.5 Å². The first-order valence-corrected chi connectivity index (χ1v) is 7.71. The number of thiophene rings is 1. The molecule has 0 N–H and O–H groups in total. The molecule has 1 heterocycles. The van der Waals surface area contributed by atoms with Crippen molar-refractivity contribution in [2.75, 3.05) is 14.2 Å². The smallest absolute Gasteiger partial charge is 0.163 e. The highest BCUT2D eigenvalue weighted by molar-refractivity contribution is 7.22. The number of hydrogen-bond donors (Lipinski definition) is 0. The highest BCUT2D eigenvalue weighted by atomic mass is 32.1. The average molecular weight is 312 g/mol. The zero-order valence-corrected chi connectivity index (χ0v) is 13.5. The molecule has 22 heavy (non-hydrogen) atoms. The number of hydrogen-bond acceptors (Lipinski definition) is 4. The Morgan fingerprint density at radius 3 is 2.50 bits per heavy atom. The van der Waals surface area contributed by atoms with E-state index in [1.807, 2.05) is 36.4 Å². The molecule has 0 bridgehead atoms. The van der Waals surface area contributed by atoms with E-state index in [9.17, 15) is 4.79 Å². The lowest BCUT2D eigenvalue weighted by Gasteiger charge is -2.07. The molecule has 0 radical (unpaired) electrons. The number of Topliss-reactive ketones (excluding diaryl/α,β-unsaturated/α-hetero) is 1. The van der Waals surface area contributed by atoms with Crippen molar-refractivity contribution in [3.05, 3.63) is 48.0 Å². The van der Waals surface area contributed by atoms with Gasteiger partial charge in [0, 0.05) is 9.58 Å². The summed E-state index contributed by atoms with van der Waals surface area (Å²) in [5.41, 5.74) is 1.63. The van der Waals surface area contributed by atoms with Crippen LogP contribution in [-0.2, 0) is 0 Å². The van der Waals surface area contributed by atoms with Crippen molar-refractivity contribution >= 4 is 27.2 Å². The van der Waals surface area contributed by atoms with Crippen LogP contribution in [0.1, 0.15) is 17.3 Å². The molecular formula is C18H16O3S. The van der Waals surface area contributed by atoms with Crippen LogP contribution in [-0.4, -0.2) is 20.0 Å². The fourth-order valence-corrected chi connectivity index (χ4v) is 3.50. The fraction of sp³-hybridized carbons (Fsp3) is 0.167. The Morgan fingerprint density at radius 1 is 1.00 bits per heavy atom. The molecule has 0 spiro atoms. The van der Waals surface area contributed by atoms with Gasteiger partial charge in [-0.15, -0.1) is 11.3 Å². The van der Waals surface area contributed by atoms with Crippen LogP contribution in [0, 0.1) is 0 Å². The Bertz CT molecular complexity index is 849. The summed E-state index contributed by atoms with van der Waals surface area (Å²) in [6, 6.07) is 13.9. The quantitative estimate of drug-likeness (QED) is 0.650. The minimum absolute atomic E-state index is 0.00137. The molecule has 1 aromatic heterocycles. The number of ether oxygens (including phenoxy) is 2. The van der Waals surface area contributed by atoms with Crippen molar-refractivity contribution in [1.82, 2.24) is 0 Å². The van der Waals surface area contributed by atoms with E-state index in [0.29, 0.717) is 11.3 Å². The maximum atomic E-state index is 11.8. The summed E-state index contributed by atoms with van der Waals surface area (Å²) in [6.07, 6.45) is 0. The lowest BCUT2D eigenvalue weighted by Crippen LogP contribution is -1.97. The lowest BCUT2D eigenvalue weighted by molar-refractivity contribution is 0.101. The van der Waals surface area contributed by atoms with Gasteiger partial charge >= 0.3 is 0 Å². The summed E-state index contributed by atoms with van der Waals surface area (Å²) in [4.78, 5) is 12.9. The topological polar surface area (TPSA) is 35.5 Å². The highest BCUT2D eigenvalue weighted by Gasteiger charge is 2.12. The molecular weight excluding hydrogens is 296 g/mol. The van der Waals surface area contributed by atoms with Crippen molar-refractivity contribution in [2.24, 2.45) is 0 Å². The van der Waals surface area contributed by atoms with Crippen LogP contribution in [0.4, 0.5) is 0 Å². The van der Waals surface area contributed by atoms with Crippen LogP contribution < -0.4 is 9.47 Å². The van der Waals surface area contributed by atoms with Gasteiger partial charge in [0.25, 0.3) is 0 Å². The number of benzene rings is 2. The molecule has 0 unspecified atom stereocenters. The molecule has 0 aliphatic rings. The molecule has 0 atom stereocenters. The van der Waals surface area contributed by atoms with E-state index >= 15 is 0 Å². The summed E-state index contributed by atoms with van der Waals surface area (Å²) in [7, 11) is 3.24. The Labute approximate surface area is 133 Å². The molecule has 0 saturated heterocycles. The first-order valence-electron chi connectivity index (χ1n) is 6.89. The summed E-state index contributed by atoms with van der Waals surface area (Å²) in [6.45, 7) is 1.55. The van der Waals surface area contributed by atoms with Crippen molar-refractivity contribution in [1.29, 1.82) is 0 Å². The second-order valence-electron chi connectivity index (χ2n) is 4.99. The van der Waals surface area contributed by atoms with E-state index in [0.717, 1.165) is 20.9 Å². The van der Waals surface area contributed by atoms with Gasteiger partial charge in [0.15, 0.2) is 5.78 Å². The van der Waals surface area contributed by atoms with Gasteiger partial charge in [0.05, 0.1) is 19.8 Å². The van der Waals surface area contributed by atoms with Crippen LogP contribution in [0.5, 0.6) is 11.5 Å². The molecule has 0 amide bonds.